The van der Waals surface area contributed by atoms with Crippen LogP contribution in [-0.4, -0.2) is 31.2 Å². The molecular formula is C11H13F2N3O. The van der Waals surface area contributed by atoms with Gasteiger partial charge in [0, 0.05) is 24.8 Å². The predicted octanol–water partition coefficient (Wildman–Crippen LogP) is 1.32. The van der Waals surface area contributed by atoms with Crippen molar-refractivity contribution in [2.75, 3.05) is 19.8 Å². The van der Waals surface area contributed by atoms with E-state index in [-0.39, 0.29) is 6.61 Å². The molecule has 0 aliphatic carbocycles. The van der Waals surface area contributed by atoms with E-state index in [1.807, 2.05) is 6.07 Å². The van der Waals surface area contributed by atoms with E-state index in [0.717, 1.165) is 5.56 Å². The number of halogens is 2. The lowest BCUT2D eigenvalue weighted by molar-refractivity contribution is 0.0187. The second-order valence-electron chi connectivity index (χ2n) is 3.27. The largest absolute Gasteiger partial charge is 0.374 e. The standard InChI is InChI=1S/C11H13F2N3O/c12-11(13)8-17-5-4-15-7-9-2-1-3-16-10(9)6-14/h1-3,11,15H,4-5,7-8H2. The Morgan fingerprint density at radius 3 is 3.06 bits per heavy atom. The summed E-state index contributed by atoms with van der Waals surface area (Å²) >= 11 is 0. The van der Waals surface area contributed by atoms with Gasteiger partial charge in [0.15, 0.2) is 0 Å². The van der Waals surface area contributed by atoms with Crippen molar-refractivity contribution in [2.24, 2.45) is 0 Å². The average Bonchev–Trinajstić information content (AvgIpc) is 2.33. The highest BCUT2D eigenvalue weighted by atomic mass is 19.3. The van der Waals surface area contributed by atoms with Crippen LogP contribution in [0.1, 0.15) is 11.3 Å². The van der Waals surface area contributed by atoms with Gasteiger partial charge in [-0.05, 0) is 6.07 Å². The Hall–Kier alpha value is -1.58. The summed E-state index contributed by atoms with van der Waals surface area (Å²) in [6, 6.07) is 5.51. The first-order chi connectivity index (χ1) is 8.24. The van der Waals surface area contributed by atoms with Crippen LogP contribution in [0.25, 0.3) is 0 Å². The van der Waals surface area contributed by atoms with E-state index in [0.29, 0.717) is 18.8 Å². The molecule has 0 unspecified atom stereocenters. The number of pyridine rings is 1. The van der Waals surface area contributed by atoms with Crippen LogP contribution in [0.15, 0.2) is 18.3 Å². The number of nitrogens with zero attached hydrogens (tertiary/aromatic N) is 2. The molecule has 1 rings (SSSR count). The zero-order valence-electron chi connectivity index (χ0n) is 9.20. The third-order valence-electron chi connectivity index (χ3n) is 1.98. The fraction of sp³-hybridized carbons (Fsp3) is 0.455. The summed E-state index contributed by atoms with van der Waals surface area (Å²) in [6.07, 6.45) is -0.883. The molecule has 17 heavy (non-hydrogen) atoms. The minimum absolute atomic E-state index is 0.215. The summed E-state index contributed by atoms with van der Waals surface area (Å²) in [4.78, 5) is 3.90. The van der Waals surface area contributed by atoms with E-state index >= 15 is 0 Å². The molecule has 6 heteroatoms. The highest BCUT2D eigenvalue weighted by Crippen LogP contribution is 2.02. The molecule has 0 atom stereocenters. The zero-order chi connectivity index (χ0) is 12.5. The molecule has 4 nitrogen and oxygen atoms in total. The lowest BCUT2D eigenvalue weighted by atomic mass is 10.2. The number of nitriles is 1. The van der Waals surface area contributed by atoms with Gasteiger partial charge in [-0.2, -0.15) is 5.26 Å². The molecule has 0 saturated heterocycles. The Balaban J connectivity index is 2.20. The maximum atomic E-state index is 11.7. The molecule has 0 aliphatic heterocycles. The third-order valence-corrected chi connectivity index (χ3v) is 1.98. The molecule has 1 N–H and O–H groups in total. The maximum Gasteiger partial charge on any atom is 0.261 e. The van der Waals surface area contributed by atoms with Gasteiger partial charge in [-0.1, -0.05) is 6.07 Å². The highest BCUT2D eigenvalue weighted by molar-refractivity contribution is 5.30. The van der Waals surface area contributed by atoms with Crippen molar-refractivity contribution < 1.29 is 13.5 Å². The third kappa shape index (κ3) is 5.33. The van der Waals surface area contributed by atoms with E-state index < -0.39 is 13.0 Å². The topological polar surface area (TPSA) is 57.9 Å². The first-order valence-corrected chi connectivity index (χ1v) is 5.14. The molecule has 0 saturated carbocycles. The van der Waals surface area contributed by atoms with E-state index in [4.69, 9.17) is 10.00 Å². The Bertz CT molecular complexity index is 379. The van der Waals surface area contributed by atoms with Crippen LogP contribution in [-0.2, 0) is 11.3 Å². The number of nitrogens with one attached hydrogen (secondary N) is 1. The van der Waals surface area contributed by atoms with Gasteiger partial charge in [0.2, 0.25) is 0 Å². The van der Waals surface area contributed by atoms with Crippen LogP contribution in [0.2, 0.25) is 0 Å². The van der Waals surface area contributed by atoms with Crippen molar-refractivity contribution in [3.8, 4) is 6.07 Å². The normalized spacial score (nSPS) is 10.5. The van der Waals surface area contributed by atoms with Gasteiger partial charge in [-0.3, -0.25) is 0 Å². The molecule has 92 valence electrons. The number of rotatable bonds is 7. The molecule has 1 aromatic rings. The van der Waals surface area contributed by atoms with E-state index in [1.165, 1.54) is 0 Å². The zero-order valence-corrected chi connectivity index (χ0v) is 9.20. The molecular weight excluding hydrogens is 228 g/mol. The average molecular weight is 241 g/mol. The van der Waals surface area contributed by atoms with Crippen LogP contribution in [0, 0.1) is 11.3 Å². The van der Waals surface area contributed by atoms with E-state index in [9.17, 15) is 8.78 Å². The summed E-state index contributed by atoms with van der Waals surface area (Å²) in [5, 5.41) is 11.8. The molecule has 0 fully saturated rings. The quantitative estimate of drug-likeness (QED) is 0.731. The molecule has 0 aliphatic rings. The molecule has 0 radical (unpaired) electrons. The van der Waals surface area contributed by atoms with Crippen LogP contribution < -0.4 is 5.32 Å². The Morgan fingerprint density at radius 2 is 2.35 bits per heavy atom. The lowest BCUT2D eigenvalue weighted by Gasteiger charge is -2.06. The summed E-state index contributed by atoms with van der Waals surface area (Å²) < 4.78 is 28.1. The van der Waals surface area contributed by atoms with Gasteiger partial charge >= 0.3 is 0 Å². The Kier molecular flexibility index (Phi) is 6.07. The van der Waals surface area contributed by atoms with Crippen LogP contribution >= 0.6 is 0 Å². The fourth-order valence-corrected chi connectivity index (χ4v) is 1.22. The molecule has 1 heterocycles. The first kappa shape index (κ1) is 13.5. The van der Waals surface area contributed by atoms with Crippen molar-refractivity contribution in [1.82, 2.24) is 10.3 Å². The molecule has 0 bridgehead atoms. The second-order valence-corrected chi connectivity index (χ2v) is 3.27. The minimum atomic E-state index is -2.43. The van der Waals surface area contributed by atoms with Crippen molar-refractivity contribution in [3.05, 3.63) is 29.6 Å². The highest BCUT2D eigenvalue weighted by Gasteiger charge is 2.02. The smallest absolute Gasteiger partial charge is 0.261 e. The fourth-order valence-electron chi connectivity index (χ4n) is 1.22. The molecule has 0 spiro atoms. The lowest BCUT2D eigenvalue weighted by Crippen LogP contribution is -2.21. The number of hydrogen-bond acceptors (Lipinski definition) is 4. The van der Waals surface area contributed by atoms with Crippen molar-refractivity contribution in [2.45, 2.75) is 13.0 Å². The monoisotopic (exact) mass is 241 g/mol. The maximum absolute atomic E-state index is 11.7. The number of hydrogen-bond donors (Lipinski definition) is 1. The predicted molar refractivity (Wildman–Crippen MR) is 57.5 cm³/mol. The minimum Gasteiger partial charge on any atom is -0.374 e. The van der Waals surface area contributed by atoms with Gasteiger partial charge in [-0.25, -0.2) is 13.8 Å². The summed E-state index contributed by atoms with van der Waals surface area (Å²) in [5.41, 5.74) is 1.15. The van der Waals surface area contributed by atoms with Gasteiger partial charge in [0.25, 0.3) is 6.43 Å². The van der Waals surface area contributed by atoms with Gasteiger partial charge in [0.1, 0.15) is 18.4 Å². The summed E-state index contributed by atoms with van der Waals surface area (Å²) in [6.45, 7) is 0.589. The molecule has 0 amide bonds. The van der Waals surface area contributed by atoms with Crippen molar-refractivity contribution >= 4 is 0 Å². The second kappa shape index (κ2) is 7.65. The van der Waals surface area contributed by atoms with E-state index in [1.54, 1.807) is 18.3 Å². The first-order valence-electron chi connectivity index (χ1n) is 5.14. The number of alkyl halides is 2. The van der Waals surface area contributed by atoms with Crippen LogP contribution in [0.5, 0.6) is 0 Å². The SMILES string of the molecule is N#Cc1ncccc1CNCCOCC(F)F. The van der Waals surface area contributed by atoms with Gasteiger partial charge in [-0.15, -0.1) is 0 Å². The van der Waals surface area contributed by atoms with Crippen LogP contribution in [0.4, 0.5) is 8.78 Å². The Morgan fingerprint density at radius 1 is 1.53 bits per heavy atom. The summed E-state index contributed by atoms with van der Waals surface area (Å²) in [7, 11) is 0. The molecule has 1 aromatic heterocycles. The van der Waals surface area contributed by atoms with E-state index in [2.05, 4.69) is 10.3 Å². The Labute approximate surface area is 98.2 Å². The molecule has 0 aromatic carbocycles. The number of ether oxygens (including phenoxy) is 1. The van der Waals surface area contributed by atoms with Gasteiger partial charge < -0.3 is 10.1 Å². The number of aromatic nitrogens is 1. The van der Waals surface area contributed by atoms with Crippen molar-refractivity contribution in [3.63, 3.8) is 0 Å². The van der Waals surface area contributed by atoms with Gasteiger partial charge in [0.05, 0.1) is 6.61 Å². The van der Waals surface area contributed by atoms with Crippen LogP contribution in [0.3, 0.4) is 0 Å². The van der Waals surface area contributed by atoms with Crippen molar-refractivity contribution in [1.29, 1.82) is 5.26 Å². The summed E-state index contributed by atoms with van der Waals surface area (Å²) in [5.74, 6) is 0.